The van der Waals surface area contributed by atoms with Crippen LogP contribution in [0.1, 0.15) is 30.9 Å². The summed E-state index contributed by atoms with van der Waals surface area (Å²) in [7, 11) is 0. The number of hydrogen-bond acceptors (Lipinski definition) is 2. The lowest BCUT2D eigenvalue weighted by molar-refractivity contribution is 0.176. The molecule has 0 aromatic heterocycles. The fourth-order valence-corrected chi connectivity index (χ4v) is 2.53. The van der Waals surface area contributed by atoms with Crippen LogP contribution in [-0.2, 0) is 6.54 Å². The van der Waals surface area contributed by atoms with Crippen LogP contribution in [0.5, 0.6) is 0 Å². The molecule has 0 spiro atoms. The van der Waals surface area contributed by atoms with Gasteiger partial charge in [-0.1, -0.05) is 25.1 Å². The zero-order valence-electron chi connectivity index (χ0n) is 10.4. The second kappa shape index (κ2) is 5.32. The summed E-state index contributed by atoms with van der Waals surface area (Å²) in [5.74, 6) is 0.957. The third-order valence-electron chi connectivity index (χ3n) is 3.39. The summed E-state index contributed by atoms with van der Waals surface area (Å²) < 4.78 is 0. The third kappa shape index (κ3) is 3.30. The van der Waals surface area contributed by atoms with E-state index in [9.17, 15) is 0 Å². The number of nitrogens with one attached hydrogen (secondary N) is 1. The topological polar surface area (TPSA) is 53.1 Å². The SMILES string of the molecule is CC1CCCN(Cc2cccc(C(=N)N)c2)C1. The molecule has 3 heteroatoms. The highest BCUT2D eigenvalue weighted by Gasteiger charge is 2.16. The van der Waals surface area contributed by atoms with Crippen LogP contribution in [0.15, 0.2) is 24.3 Å². The lowest BCUT2D eigenvalue weighted by Gasteiger charge is -2.30. The van der Waals surface area contributed by atoms with E-state index < -0.39 is 0 Å². The molecule has 2 rings (SSSR count). The highest BCUT2D eigenvalue weighted by molar-refractivity contribution is 5.95. The molecule has 3 nitrogen and oxygen atoms in total. The second-order valence-corrected chi connectivity index (χ2v) is 5.10. The minimum Gasteiger partial charge on any atom is -0.384 e. The van der Waals surface area contributed by atoms with Gasteiger partial charge in [0.05, 0.1) is 0 Å². The number of hydrogen-bond donors (Lipinski definition) is 2. The Morgan fingerprint density at radius 3 is 3.06 bits per heavy atom. The summed E-state index contributed by atoms with van der Waals surface area (Å²) in [6.07, 6.45) is 2.65. The van der Waals surface area contributed by atoms with Crippen LogP contribution in [0, 0.1) is 11.3 Å². The van der Waals surface area contributed by atoms with Gasteiger partial charge in [-0.25, -0.2) is 0 Å². The minimum absolute atomic E-state index is 0.152. The first-order chi connectivity index (χ1) is 8.15. The van der Waals surface area contributed by atoms with Gasteiger partial charge < -0.3 is 5.73 Å². The van der Waals surface area contributed by atoms with Crippen molar-refractivity contribution in [3.05, 3.63) is 35.4 Å². The number of rotatable bonds is 3. The number of nitrogens with two attached hydrogens (primary N) is 1. The van der Waals surface area contributed by atoms with Crippen molar-refractivity contribution in [3.63, 3.8) is 0 Å². The van der Waals surface area contributed by atoms with Crippen LogP contribution in [0.2, 0.25) is 0 Å². The van der Waals surface area contributed by atoms with Crippen LogP contribution in [0.3, 0.4) is 0 Å². The van der Waals surface area contributed by atoms with E-state index in [2.05, 4.69) is 17.9 Å². The van der Waals surface area contributed by atoms with E-state index in [0.717, 1.165) is 18.0 Å². The molecule has 0 amide bonds. The monoisotopic (exact) mass is 231 g/mol. The Bertz CT molecular complexity index is 400. The van der Waals surface area contributed by atoms with E-state index in [-0.39, 0.29) is 5.84 Å². The van der Waals surface area contributed by atoms with Crippen LogP contribution in [0.25, 0.3) is 0 Å². The molecule has 1 heterocycles. The largest absolute Gasteiger partial charge is 0.384 e. The first-order valence-electron chi connectivity index (χ1n) is 6.31. The minimum atomic E-state index is 0.152. The summed E-state index contributed by atoms with van der Waals surface area (Å²) >= 11 is 0. The molecular formula is C14H21N3. The lowest BCUT2D eigenvalue weighted by Crippen LogP contribution is -2.33. The van der Waals surface area contributed by atoms with Crippen molar-refractivity contribution in [2.75, 3.05) is 13.1 Å². The molecule has 1 aromatic carbocycles. The lowest BCUT2D eigenvalue weighted by atomic mass is 9.99. The predicted molar refractivity (Wildman–Crippen MR) is 71.1 cm³/mol. The molecule has 1 atom stereocenters. The Morgan fingerprint density at radius 1 is 1.53 bits per heavy atom. The molecule has 92 valence electrons. The van der Waals surface area contributed by atoms with Crippen molar-refractivity contribution in [1.29, 1.82) is 5.41 Å². The molecule has 1 aliphatic heterocycles. The maximum atomic E-state index is 7.45. The van der Waals surface area contributed by atoms with E-state index in [1.807, 2.05) is 18.2 Å². The van der Waals surface area contributed by atoms with Crippen LogP contribution in [-0.4, -0.2) is 23.8 Å². The van der Waals surface area contributed by atoms with Gasteiger partial charge >= 0.3 is 0 Å². The summed E-state index contributed by atoms with van der Waals surface area (Å²) in [4.78, 5) is 2.49. The van der Waals surface area contributed by atoms with Crippen molar-refractivity contribution >= 4 is 5.84 Å². The van der Waals surface area contributed by atoms with Crippen LogP contribution >= 0.6 is 0 Å². The average molecular weight is 231 g/mol. The molecule has 0 bridgehead atoms. The molecule has 1 saturated heterocycles. The molecule has 1 aromatic rings. The summed E-state index contributed by atoms with van der Waals surface area (Å²) in [6, 6.07) is 8.03. The van der Waals surface area contributed by atoms with Gasteiger partial charge in [-0.05, 0) is 36.9 Å². The van der Waals surface area contributed by atoms with Crippen molar-refractivity contribution < 1.29 is 0 Å². The van der Waals surface area contributed by atoms with Crippen LogP contribution in [0.4, 0.5) is 0 Å². The second-order valence-electron chi connectivity index (χ2n) is 5.10. The van der Waals surface area contributed by atoms with Gasteiger partial charge in [-0.15, -0.1) is 0 Å². The Labute approximate surface area is 103 Å². The molecule has 1 fully saturated rings. The maximum Gasteiger partial charge on any atom is 0.122 e. The number of piperidine rings is 1. The number of benzene rings is 1. The standard InChI is InChI=1S/C14H21N3/c1-11-4-3-7-17(9-11)10-12-5-2-6-13(8-12)14(15)16/h2,5-6,8,11H,3-4,7,9-10H2,1H3,(H3,15,16). The molecular weight excluding hydrogens is 210 g/mol. The van der Waals surface area contributed by atoms with E-state index in [0.29, 0.717) is 0 Å². The number of nitrogen functional groups attached to an aromatic ring is 1. The summed E-state index contributed by atoms with van der Waals surface area (Å²) in [5, 5.41) is 7.45. The summed E-state index contributed by atoms with van der Waals surface area (Å²) in [6.45, 7) is 5.67. The van der Waals surface area contributed by atoms with Crippen LogP contribution < -0.4 is 5.73 Å². The zero-order valence-corrected chi connectivity index (χ0v) is 10.4. The fraction of sp³-hybridized carbons (Fsp3) is 0.500. The van der Waals surface area contributed by atoms with Gasteiger partial charge in [0.2, 0.25) is 0 Å². The quantitative estimate of drug-likeness (QED) is 0.619. The number of nitrogens with zero attached hydrogens (tertiary/aromatic N) is 1. The summed E-state index contributed by atoms with van der Waals surface area (Å²) in [5.41, 5.74) is 7.59. The molecule has 0 radical (unpaired) electrons. The Morgan fingerprint density at radius 2 is 2.35 bits per heavy atom. The first-order valence-corrected chi connectivity index (χ1v) is 6.31. The van der Waals surface area contributed by atoms with Crippen molar-refractivity contribution in [2.24, 2.45) is 11.7 Å². The fourth-order valence-electron chi connectivity index (χ4n) is 2.53. The van der Waals surface area contributed by atoms with Gasteiger partial charge in [0, 0.05) is 18.7 Å². The zero-order chi connectivity index (χ0) is 12.3. The van der Waals surface area contributed by atoms with Crippen molar-refractivity contribution in [1.82, 2.24) is 4.90 Å². The molecule has 3 N–H and O–H groups in total. The number of amidine groups is 1. The van der Waals surface area contributed by atoms with Crippen molar-refractivity contribution in [3.8, 4) is 0 Å². The van der Waals surface area contributed by atoms with E-state index in [4.69, 9.17) is 11.1 Å². The third-order valence-corrected chi connectivity index (χ3v) is 3.39. The molecule has 0 aliphatic carbocycles. The first kappa shape index (κ1) is 12.1. The molecule has 1 aliphatic rings. The predicted octanol–water partition coefficient (Wildman–Crippen LogP) is 2.20. The Balaban J connectivity index is 2.02. The maximum absolute atomic E-state index is 7.45. The van der Waals surface area contributed by atoms with Crippen molar-refractivity contribution in [2.45, 2.75) is 26.3 Å². The van der Waals surface area contributed by atoms with Gasteiger partial charge in [0.15, 0.2) is 0 Å². The highest BCUT2D eigenvalue weighted by Crippen LogP contribution is 2.18. The molecule has 0 saturated carbocycles. The van der Waals surface area contributed by atoms with E-state index in [1.54, 1.807) is 0 Å². The van der Waals surface area contributed by atoms with E-state index >= 15 is 0 Å². The number of likely N-dealkylation sites (tertiary alicyclic amines) is 1. The molecule has 1 unspecified atom stereocenters. The normalized spacial score (nSPS) is 21.4. The molecule has 17 heavy (non-hydrogen) atoms. The Hall–Kier alpha value is -1.35. The van der Waals surface area contributed by atoms with Gasteiger partial charge in [-0.2, -0.15) is 0 Å². The van der Waals surface area contributed by atoms with Gasteiger partial charge in [0.25, 0.3) is 0 Å². The highest BCUT2D eigenvalue weighted by atomic mass is 15.1. The Kier molecular flexibility index (Phi) is 3.79. The van der Waals surface area contributed by atoms with Gasteiger partial charge in [0.1, 0.15) is 5.84 Å². The average Bonchev–Trinajstić information content (AvgIpc) is 2.29. The van der Waals surface area contributed by atoms with Gasteiger partial charge in [-0.3, -0.25) is 10.3 Å². The smallest absolute Gasteiger partial charge is 0.122 e. The van der Waals surface area contributed by atoms with E-state index in [1.165, 1.54) is 31.5 Å².